The van der Waals surface area contributed by atoms with E-state index in [0.717, 1.165) is 23.8 Å². The molecule has 2 N–H and O–H groups in total. The van der Waals surface area contributed by atoms with E-state index in [1.54, 1.807) is 12.1 Å². The molecule has 0 bridgehead atoms. The Morgan fingerprint density at radius 2 is 1.72 bits per heavy atom. The molecule has 1 aliphatic rings. The second-order valence-electron chi connectivity index (χ2n) is 8.82. The number of nitrogens with one attached hydrogen (secondary N) is 2. The highest BCUT2D eigenvalue weighted by Crippen LogP contribution is 2.36. The van der Waals surface area contributed by atoms with Gasteiger partial charge in [-0.25, -0.2) is 17.2 Å². The van der Waals surface area contributed by atoms with Crippen LogP contribution in [0, 0.1) is 11.6 Å². The van der Waals surface area contributed by atoms with E-state index in [2.05, 4.69) is 10.6 Å². The van der Waals surface area contributed by atoms with Crippen molar-refractivity contribution in [3.8, 4) is 0 Å². The van der Waals surface area contributed by atoms with Crippen LogP contribution in [0.15, 0.2) is 71.6 Å². The number of rotatable bonds is 8. The minimum Gasteiger partial charge on any atom is -0.456 e. The Morgan fingerprint density at radius 3 is 2.44 bits per heavy atom. The summed E-state index contributed by atoms with van der Waals surface area (Å²) in [4.78, 5) is 36.2. The van der Waals surface area contributed by atoms with E-state index in [9.17, 15) is 31.6 Å². The Labute approximate surface area is 223 Å². The van der Waals surface area contributed by atoms with Crippen LogP contribution in [0.2, 0.25) is 0 Å². The van der Waals surface area contributed by atoms with Gasteiger partial charge < -0.3 is 15.4 Å². The molecule has 0 fully saturated rings. The number of nitrogens with zero attached hydrogens (tertiary/aromatic N) is 1. The maximum absolute atomic E-state index is 13.8. The Hall–Kier alpha value is -4.16. The molecule has 1 aliphatic heterocycles. The molecule has 2 amide bonds. The topological polar surface area (TPSA) is 122 Å². The molecule has 1 heterocycles. The predicted molar refractivity (Wildman–Crippen MR) is 138 cm³/mol. The van der Waals surface area contributed by atoms with Crippen LogP contribution in [0.5, 0.6) is 0 Å². The van der Waals surface area contributed by atoms with Crippen molar-refractivity contribution < 1.29 is 36.3 Å². The summed E-state index contributed by atoms with van der Waals surface area (Å²) in [5.41, 5.74) is 1.54. The smallest absolute Gasteiger partial charge is 0.308 e. The second-order valence-corrected chi connectivity index (χ2v) is 10.7. The van der Waals surface area contributed by atoms with Crippen LogP contribution in [0.3, 0.4) is 0 Å². The lowest BCUT2D eigenvalue weighted by atomic mass is 9.92. The molecule has 0 spiro atoms. The maximum Gasteiger partial charge on any atom is 0.308 e. The van der Waals surface area contributed by atoms with Gasteiger partial charge in [-0.1, -0.05) is 24.3 Å². The molecule has 3 aromatic rings. The second kappa shape index (κ2) is 11.7. The minimum atomic E-state index is -4.07. The summed E-state index contributed by atoms with van der Waals surface area (Å²) in [6.45, 7) is 0.660. The minimum absolute atomic E-state index is 0.0224. The number of carbonyl (C=O) groups excluding carboxylic acids is 3. The van der Waals surface area contributed by atoms with Crippen molar-refractivity contribution in [2.45, 2.75) is 30.7 Å². The first kappa shape index (κ1) is 27.9. The highest BCUT2D eigenvalue weighted by Gasteiger charge is 2.38. The molecule has 12 heteroatoms. The van der Waals surface area contributed by atoms with E-state index >= 15 is 0 Å². The monoisotopic (exact) mass is 557 g/mol. The first-order valence-electron chi connectivity index (χ1n) is 11.9. The number of amides is 2. The molecule has 1 unspecified atom stereocenters. The normalized spacial score (nSPS) is 15.2. The van der Waals surface area contributed by atoms with Crippen LogP contribution in [-0.2, 0) is 35.6 Å². The lowest BCUT2D eigenvalue weighted by molar-refractivity contribution is -0.148. The summed E-state index contributed by atoms with van der Waals surface area (Å²) < 4.78 is 60.6. The quantitative estimate of drug-likeness (QED) is 0.407. The van der Waals surface area contributed by atoms with Crippen molar-refractivity contribution in [3.63, 3.8) is 0 Å². The third-order valence-electron chi connectivity index (χ3n) is 6.07. The number of carbonyl (C=O) groups is 3. The number of benzene rings is 3. The van der Waals surface area contributed by atoms with E-state index in [1.165, 1.54) is 35.5 Å². The SMILES string of the molecule is CC(=O)Nc1ccc(S(=O)(=O)N2CCc3ccccc3C2CC(=O)OCC(=O)Nc2cc(F)ccc2F)cc1. The summed E-state index contributed by atoms with van der Waals surface area (Å²) in [6, 6.07) is 14.4. The van der Waals surface area contributed by atoms with Crippen molar-refractivity contribution >= 4 is 39.2 Å². The summed E-state index contributed by atoms with van der Waals surface area (Å²) in [5.74, 6) is -3.66. The van der Waals surface area contributed by atoms with Crippen molar-refractivity contribution in [3.05, 3.63) is 89.5 Å². The van der Waals surface area contributed by atoms with E-state index in [1.807, 2.05) is 12.1 Å². The summed E-state index contributed by atoms with van der Waals surface area (Å²) >= 11 is 0. The van der Waals surface area contributed by atoms with Crippen LogP contribution in [0.25, 0.3) is 0 Å². The van der Waals surface area contributed by atoms with E-state index in [0.29, 0.717) is 17.7 Å². The van der Waals surface area contributed by atoms with Crippen LogP contribution >= 0.6 is 0 Å². The highest BCUT2D eigenvalue weighted by atomic mass is 32.2. The Bertz CT molecular complexity index is 1510. The van der Waals surface area contributed by atoms with E-state index in [-0.39, 0.29) is 23.8 Å². The summed E-state index contributed by atoms with van der Waals surface area (Å²) in [5, 5.41) is 4.71. The van der Waals surface area contributed by atoms with Crippen molar-refractivity contribution in [1.82, 2.24) is 4.31 Å². The molecule has 0 aromatic heterocycles. The standard InChI is InChI=1S/C27H25F2N3O6S/c1-17(33)30-20-7-9-21(10-8-20)39(36,37)32-13-12-18-4-2-3-5-22(18)25(32)15-27(35)38-16-26(34)31-24-14-19(28)6-11-23(24)29/h2-11,14,25H,12-13,15-16H2,1H3,(H,30,33)(H,31,34). The molecular formula is C27H25F2N3O6S. The van der Waals surface area contributed by atoms with Crippen LogP contribution < -0.4 is 10.6 Å². The fourth-order valence-electron chi connectivity index (χ4n) is 4.32. The number of anilines is 2. The van der Waals surface area contributed by atoms with Gasteiger partial charge in [-0.05, 0) is 53.9 Å². The highest BCUT2D eigenvalue weighted by molar-refractivity contribution is 7.89. The number of halogens is 2. The fraction of sp³-hybridized carbons (Fsp3) is 0.222. The Kier molecular flexibility index (Phi) is 8.36. The molecule has 0 saturated heterocycles. The predicted octanol–water partition coefficient (Wildman–Crippen LogP) is 3.78. The fourth-order valence-corrected chi connectivity index (χ4v) is 5.92. The van der Waals surface area contributed by atoms with Crippen LogP contribution in [-0.4, -0.2) is 43.7 Å². The van der Waals surface area contributed by atoms with Gasteiger partial charge in [0, 0.05) is 25.2 Å². The van der Waals surface area contributed by atoms with Gasteiger partial charge in [0.15, 0.2) is 6.61 Å². The summed E-state index contributed by atoms with van der Waals surface area (Å²) in [7, 11) is -4.07. The van der Waals surface area contributed by atoms with Crippen molar-refractivity contribution in [2.75, 3.05) is 23.8 Å². The Balaban J connectivity index is 1.50. The first-order chi connectivity index (χ1) is 18.5. The van der Waals surface area contributed by atoms with Crippen molar-refractivity contribution in [1.29, 1.82) is 0 Å². The van der Waals surface area contributed by atoms with E-state index < -0.39 is 51.9 Å². The number of esters is 1. The first-order valence-corrected chi connectivity index (χ1v) is 13.4. The van der Waals surface area contributed by atoms with Gasteiger partial charge in [-0.2, -0.15) is 4.31 Å². The third kappa shape index (κ3) is 6.65. The molecule has 9 nitrogen and oxygen atoms in total. The number of hydrogen-bond donors (Lipinski definition) is 2. The maximum atomic E-state index is 13.8. The zero-order valence-electron chi connectivity index (χ0n) is 20.8. The molecular weight excluding hydrogens is 532 g/mol. The van der Waals surface area contributed by atoms with Gasteiger partial charge in [0.1, 0.15) is 11.6 Å². The number of fused-ring (bicyclic) bond motifs is 1. The molecule has 1 atom stereocenters. The van der Waals surface area contributed by atoms with Gasteiger partial charge in [-0.3, -0.25) is 14.4 Å². The van der Waals surface area contributed by atoms with E-state index in [4.69, 9.17) is 4.74 Å². The van der Waals surface area contributed by atoms with Crippen LogP contribution in [0.1, 0.15) is 30.5 Å². The average molecular weight is 558 g/mol. The van der Waals surface area contributed by atoms with Crippen LogP contribution in [0.4, 0.5) is 20.2 Å². The molecule has 39 heavy (non-hydrogen) atoms. The van der Waals surface area contributed by atoms with Gasteiger partial charge in [0.25, 0.3) is 5.91 Å². The largest absolute Gasteiger partial charge is 0.456 e. The molecule has 0 radical (unpaired) electrons. The van der Waals surface area contributed by atoms with Gasteiger partial charge in [-0.15, -0.1) is 0 Å². The molecule has 0 aliphatic carbocycles. The third-order valence-corrected chi connectivity index (χ3v) is 7.99. The van der Waals surface area contributed by atoms with Crippen molar-refractivity contribution in [2.24, 2.45) is 0 Å². The lowest BCUT2D eigenvalue weighted by Gasteiger charge is -2.36. The Morgan fingerprint density at radius 1 is 1.00 bits per heavy atom. The number of ether oxygens (including phenoxy) is 1. The van der Waals surface area contributed by atoms with Gasteiger partial charge in [0.2, 0.25) is 15.9 Å². The molecule has 0 saturated carbocycles. The van der Waals surface area contributed by atoms with Gasteiger partial charge in [0.05, 0.1) is 23.0 Å². The zero-order valence-corrected chi connectivity index (χ0v) is 21.6. The molecule has 4 rings (SSSR count). The lowest BCUT2D eigenvalue weighted by Crippen LogP contribution is -2.41. The summed E-state index contributed by atoms with van der Waals surface area (Å²) in [6.07, 6.45) is 0.0361. The van der Waals surface area contributed by atoms with Gasteiger partial charge >= 0.3 is 5.97 Å². The zero-order chi connectivity index (χ0) is 28.2. The molecule has 3 aromatic carbocycles. The average Bonchev–Trinajstić information content (AvgIpc) is 2.89. The molecule has 204 valence electrons. The number of sulfonamides is 1. The number of hydrogen-bond acceptors (Lipinski definition) is 6.